The number of hydrogen-bond donors (Lipinski definition) is 1. The predicted octanol–water partition coefficient (Wildman–Crippen LogP) is 3.12. The minimum absolute atomic E-state index is 0. The lowest BCUT2D eigenvalue weighted by Gasteiger charge is -2.26. The number of nitrogens with zero attached hydrogens (tertiary/aromatic N) is 2. The summed E-state index contributed by atoms with van der Waals surface area (Å²) in [7, 11) is -4.01. The second-order valence-electron chi connectivity index (χ2n) is 7.74. The van der Waals surface area contributed by atoms with E-state index in [-0.39, 0.29) is 40.7 Å². The third kappa shape index (κ3) is 4.56. The fraction of sp³-hybridized carbons (Fsp3) is 0.318. The maximum absolute atomic E-state index is 15.2. The van der Waals surface area contributed by atoms with Crippen LogP contribution in [0.1, 0.15) is 18.9 Å². The maximum atomic E-state index is 15.2. The molecule has 0 radical (unpaired) electrons. The number of benzene rings is 2. The Balaban J connectivity index is 0.00000289. The lowest BCUT2D eigenvalue weighted by Crippen LogP contribution is -2.41. The Labute approximate surface area is 191 Å². The molecule has 0 bridgehead atoms. The summed E-state index contributed by atoms with van der Waals surface area (Å²) in [5.74, 6) is -1.20. The van der Waals surface area contributed by atoms with E-state index in [1.165, 1.54) is 51.3 Å². The van der Waals surface area contributed by atoms with Crippen LogP contribution in [0.5, 0.6) is 0 Å². The van der Waals surface area contributed by atoms with Gasteiger partial charge in [0.15, 0.2) is 0 Å². The first-order chi connectivity index (χ1) is 14.8. The van der Waals surface area contributed by atoms with E-state index in [1.54, 1.807) is 6.92 Å². The third-order valence-corrected chi connectivity index (χ3v) is 7.60. The molecule has 172 valence electrons. The summed E-state index contributed by atoms with van der Waals surface area (Å²) >= 11 is 0. The van der Waals surface area contributed by atoms with Crippen molar-refractivity contribution >= 4 is 33.2 Å². The van der Waals surface area contributed by atoms with Crippen LogP contribution in [0.3, 0.4) is 0 Å². The topological polar surface area (TPSA) is 71.4 Å². The highest BCUT2D eigenvalue weighted by Gasteiger charge is 2.32. The molecule has 0 aliphatic carbocycles. The van der Waals surface area contributed by atoms with E-state index in [1.807, 2.05) is 0 Å². The molecule has 0 amide bonds. The second kappa shape index (κ2) is 9.66. The van der Waals surface area contributed by atoms with E-state index in [2.05, 4.69) is 5.32 Å². The monoisotopic (exact) mass is 483 g/mol. The highest BCUT2D eigenvalue weighted by molar-refractivity contribution is 7.89. The summed E-state index contributed by atoms with van der Waals surface area (Å²) in [4.78, 5) is 12.8. The van der Waals surface area contributed by atoms with Crippen molar-refractivity contribution in [3.63, 3.8) is 0 Å². The molecule has 1 N–H and O–H groups in total. The van der Waals surface area contributed by atoms with Gasteiger partial charge in [0.2, 0.25) is 10.0 Å². The number of rotatable bonds is 4. The van der Waals surface area contributed by atoms with Crippen LogP contribution in [0.25, 0.3) is 10.8 Å². The van der Waals surface area contributed by atoms with Crippen molar-refractivity contribution in [1.82, 2.24) is 14.2 Å². The lowest BCUT2D eigenvalue weighted by molar-refractivity contribution is 0.353. The number of fused-ring (bicyclic) bond motifs is 1. The number of sulfonamides is 1. The van der Waals surface area contributed by atoms with Crippen molar-refractivity contribution < 1.29 is 17.2 Å². The summed E-state index contributed by atoms with van der Waals surface area (Å²) in [5, 5.41) is 2.97. The normalized spacial score (nSPS) is 17.7. The molecule has 1 fully saturated rings. The van der Waals surface area contributed by atoms with E-state index >= 15 is 4.39 Å². The Morgan fingerprint density at radius 1 is 1.12 bits per heavy atom. The zero-order chi connectivity index (χ0) is 22.2. The Morgan fingerprint density at radius 2 is 1.84 bits per heavy atom. The molecular weight excluding hydrogens is 460 g/mol. The molecule has 2 aromatic carbocycles. The molecule has 2 heterocycles. The van der Waals surface area contributed by atoms with Gasteiger partial charge < -0.3 is 9.88 Å². The van der Waals surface area contributed by atoms with E-state index in [0.29, 0.717) is 31.6 Å². The standard InChI is InChI=1S/C22H23F2N3O3S.ClH/c1-15-12-25-10-3-11-27(15)31(29,30)20-5-2-4-18-21(20)19(24)14-26(22(18)28)13-16-6-8-17(23)9-7-16;/h2,4-9,14-15,25H,3,10-13H2,1H3;1H/t15-;/m1./s1. The van der Waals surface area contributed by atoms with Gasteiger partial charge in [0.25, 0.3) is 5.56 Å². The van der Waals surface area contributed by atoms with Crippen molar-refractivity contribution in [2.45, 2.75) is 30.8 Å². The van der Waals surface area contributed by atoms with E-state index in [9.17, 15) is 17.6 Å². The Morgan fingerprint density at radius 3 is 2.56 bits per heavy atom. The zero-order valence-electron chi connectivity index (χ0n) is 17.4. The van der Waals surface area contributed by atoms with E-state index < -0.39 is 27.2 Å². The van der Waals surface area contributed by atoms with Gasteiger partial charge in [0.1, 0.15) is 11.6 Å². The van der Waals surface area contributed by atoms with Gasteiger partial charge in [-0.15, -0.1) is 12.4 Å². The summed E-state index contributed by atoms with van der Waals surface area (Å²) in [6.45, 7) is 3.35. The van der Waals surface area contributed by atoms with Crippen LogP contribution in [0, 0.1) is 11.6 Å². The first kappa shape index (κ1) is 24.3. The van der Waals surface area contributed by atoms with Gasteiger partial charge >= 0.3 is 0 Å². The maximum Gasteiger partial charge on any atom is 0.258 e. The molecular formula is C22H24ClF2N3O3S. The van der Waals surface area contributed by atoms with Crippen LogP contribution in [-0.2, 0) is 16.6 Å². The van der Waals surface area contributed by atoms with Crippen LogP contribution < -0.4 is 10.9 Å². The number of aromatic nitrogens is 1. The number of hydrogen-bond acceptors (Lipinski definition) is 4. The summed E-state index contributed by atoms with van der Waals surface area (Å²) in [6.07, 6.45) is 1.65. The molecule has 32 heavy (non-hydrogen) atoms. The van der Waals surface area contributed by atoms with Crippen molar-refractivity contribution in [3.05, 3.63) is 76.2 Å². The van der Waals surface area contributed by atoms with Crippen molar-refractivity contribution in [2.75, 3.05) is 19.6 Å². The average molecular weight is 484 g/mol. The van der Waals surface area contributed by atoms with Crippen LogP contribution in [0.15, 0.2) is 58.4 Å². The molecule has 1 aliphatic heterocycles. The van der Waals surface area contributed by atoms with E-state index in [4.69, 9.17) is 0 Å². The van der Waals surface area contributed by atoms with Crippen molar-refractivity contribution in [3.8, 4) is 0 Å². The number of halogens is 3. The van der Waals surface area contributed by atoms with Gasteiger partial charge in [-0.25, -0.2) is 17.2 Å². The highest BCUT2D eigenvalue weighted by Crippen LogP contribution is 2.28. The molecule has 0 saturated carbocycles. The van der Waals surface area contributed by atoms with Gasteiger partial charge in [0, 0.05) is 30.7 Å². The van der Waals surface area contributed by atoms with Gasteiger partial charge in [-0.05, 0) is 49.7 Å². The fourth-order valence-electron chi connectivity index (χ4n) is 3.97. The summed E-state index contributed by atoms with van der Waals surface area (Å²) in [5.41, 5.74) is 0.111. The molecule has 1 aliphatic rings. The summed E-state index contributed by atoms with van der Waals surface area (Å²) < 4.78 is 57.7. The molecule has 1 saturated heterocycles. The van der Waals surface area contributed by atoms with E-state index in [0.717, 1.165) is 6.20 Å². The molecule has 0 unspecified atom stereocenters. The molecule has 0 spiro atoms. The first-order valence-electron chi connectivity index (χ1n) is 10.1. The largest absolute Gasteiger partial charge is 0.315 e. The average Bonchev–Trinajstić information content (AvgIpc) is 2.97. The third-order valence-electron chi connectivity index (χ3n) is 5.54. The molecule has 3 aromatic rings. The molecule has 6 nitrogen and oxygen atoms in total. The minimum atomic E-state index is -4.01. The number of pyridine rings is 1. The fourth-order valence-corrected chi connectivity index (χ4v) is 5.85. The SMILES string of the molecule is C[C@@H]1CNCCCN1S(=O)(=O)c1cccc2c(=O)n(Cc3ccc(F)cc3)cc(F)c12.Cl. The lowest BCUT2D eigenvalue weighted by atomic mass is 10.1. The molecule has 10 heteroatoms. The van der Waals surface area contributed by atoms with Crippen molar-refractivity contribution in [1.29, 1.82) is 0 Å². The number of nitrogens with one attached hydrogen (secondary N) is 1. The van der Waals surface area contributed by atoms with Gasteiger partial charge in [-0.3, -0.25) is 4.79 Å². The second-order valence-corrected chi connectivity index (χ2v) is 9.60. The quantitative estimate of drug-likeness (QED) is 0.619. The molecule has 1 atom stereocenters. The highest BCUT2D eigenvalue weighted by atomic mass is 35.5. The van der Waals surface area contributed by atoms with Crippen LogP contribution in [-0.4, -0.2) is 43.0 Å². The van der Waals surface area contributed by atoms with Crippen LogP contribution in [0.2, 0.25) is 0 Å². The van der Waals surface area contributed by atoms with Crippen LogP contribution >= 0.6 is 12.4 Å². The van der Waals surface area contributed by atoms with Gasteiger partial charge in [0.05, 0.1) is 16.8 Å². The summed E-state index contributed by atoms with van der Waals surface area (Å²) in [6, 6.07) is 9.48. The Kier molecular flexibility index (Phi) is 7.34. The minimum Gasteiger partial charge on any atom is -0.315 e. The molecule has 1 aromatic heterocycles. The predicted molar refractivity (Wildman–Crippen MR) is 122 cm³/mol. The van der Waals surface area contributed by atoms with Gasteiger partial charge in [-0.2, -0.15) is 4.31 Å². The van der Waals surface area contributed by atoms with Crippen molar-refractivity contribution in [2.24, 2.45) is 0 Å². The van der Waals surface area contributed by atoms with Gasteiger partial charge in [-0.1, -0.05) is 18.2 Å². The zero-order valence-corrected chi connectivity index (χ0v) is 19.1. The smallest absolute Gasteiger partial charge is 0.258 e. The Bertz CT molecular complexity index is 1280. The molecule has 4 rings (SSSR count). The van der Waals surface area contributed by atoms with Crippen LogP contribution in [0.4, 0.5) is 8.78 Å². The Hall–Kier alpha value is -2.33. The first-order valence-corrected chi connectivity index (χ1v) is 11.5.